The fourth-order valence-corrected chi connectivity index (χ4v) is 7.10. The van der Waals surface area contributed by atoms with E-state index in [4.69, 9.17) is 0 Å². The molecule has 0 aromatic heterocycles. The molecule has 172 valence electrons. The molecule has 4 fully saturated rings. The first-order valence-corrected chi connectivity index (χ1v) is 12.6. The van der Waals surface area contributed by atoms with Gasteiger partial charge in [0.15, 0.2) is 0 Å². The molecule has 0 aliphatic carbocycles. The van der Waals surface area contributed by atoms with Gasteiger partial charge in [-0.05, 0) is 22.3 Å². The van der Waals surface area contributed by atoms with Crippen molar-refractivity contribution in [3.63, 3.8) is 0 Å². The normalized spacial score (nSPS) is 33.1. The molecule has 4 heterocycles. The van der Waals surface area contributed by atoms with Gasteiger partial charge in [-0.2, -0.15) is 0 Å². The molecule has 3 heteroatoms. The average molecular weight is 457 g/mol. The molecule has 8 rings (SSSR count). The van der Waals surface area contributed by atoms with Crippen LogP contribution in [0.15, 0.2) is 121 Å². The third-order valence-corrected chi connectivity index (χ3v) is 8.34. The fraction of sp³-hybridized carbons (Fsp3) is 0.219. The van der Waals surface area contributed by atoms with Crippen molar-refractivity contribution in [3.05, 3.63) is 144 Å². The molecule has 0 spiro atoms. The Bertz CT molecular complexity index is 1130. The van der Waals surface area contributed by atoms with Crippen molar-refractivity contribution in [2.45, 2.75) is 24.2 Å². The number of benzene rings is 4. The molecule has 0 amide bonds. The maximum atomic E-state index is 14.7. The molecule has 4 bridgehead atoms. The largest absolute Gasteiger partial charge is 0.299 e. The topological polar surface area (TPSA) is 23.6 Å². The molecule has 4 aromatic rings. The molecule has 0 N–H and O–H groups in total. The van der Waals surface area contributed by atoms with Gasteiger partial charge in [-0.25, -0.2) is 0 Å². The lowest BCUT2D eigenvalue weighted by Crippen LogP contribution is -2.69. The van der Waals surface area contributed by atoms with Gasteiger partial charge in [0.2, 0.25) is 0 Å². The van der Waals surface area contributed by atoms with E-state index in [0.717, 1.165) is 6.67 Å². The fourth-order valence-electron chi connectivity index (χ4n) is 7.10. The van der Waals surface area contributed by atoms with Gasteiger partial charge in [-0.3, -0.25) is 14.6 Å². The monoisotopic (exact) mass is 456 g/mol. The Morgan fingerprint density at radius 3 is 0.943 bits per heavy atom. The second kappa shape index (κ2) is 8.30. The SMILES string of the molecule is O=C1C2C(c3ccccc3)N3CN(C2c2ccccc2)C(c2ccccc2)C1C3c1ccccc1. The van der Waals surface area contributed by atoms with E-state index in [-0.39, 0.29) is 36.0 Å². The molecular formula is C32H28N2O. The minimum atomic E-state index is -0.0986. The minimum Gasteiger partial charge on any atom is -0.299 e. The first-order chi connectivity index (χ1) is 17.3. The lowest BCUT2D eigenvalue weighted by atomic mass is 9.60. The Kier molecular flexibility index (Phi) is 4.93. The second-order valence-electron chi connectivity index (χ2n) is 10.0. The summed E-state index contributed by atoms with van der Waals surface area (Å²) in [4.78, 5) is 19.9. The minimum absolute atomic E-state index is 0.0586. The Morgan fingerprint density at radius 2 is 0.686 bits per heavy atom. The van der Waals surface area contributed by atoms with Crippen LogP contribution in [0.4, 0.5) is 0 Å². The van der Waals surface area contributed by atoms with Crippen LogP contribution in [0, 0.1) is 11.8 Å². The van der Waals surface area contributed by atoms with Gasteiger partial charge in [-0.15, -0.1) is 0 Å². The van der Waals surface area contributed by atoms with Crippen molar-refractivity contribution in [2.24, 2.45) is 11.8 Å². The van der Waals surface area contributed by atoms with Crippen molar-refractivity contribution < 1.29 is 4.79 Å². The van der Waals surface area contributed by atoms with Crippen LogP contribution in [0.1, 0.15) is 46.4 Å². The molecule has 4 aromatic carbocycles. The van der Waals surface area contributed by atoms with E-state index in [1.807, 2.05) is 0 Å². The van der Waals surface area contributed by atoms with Crippen molar-refractivity contribution >= 4 is 5.78 Å². The van der Waals surface area contributed by atoms with E-state index in [1.165, 1.54) is 22.3 Å². The first kappa shape index (κ1) is 20.8. The quantitative estimate of drug-likeness (QED) is 0.357. The summed E-state index contributed by atoms with van der Waals surface area (Å²) in [5, 5.41) is 0. The maximum Gasteiger partial charge on any atom is 0.146 e. The number of Topliss-reactive ketones (excluding diaryl/α,β-unsaturated/α-hetero) is 1. The molecule has 4 aliphatic rings. The Labute approximate surface area is 206 Å². The van der Waals surface area contributed by atoms with Crippen molar-refractivity contribution in [1.82, 2.24) is 9.80 Å². The van der Waals surface area contributed by atoms with Crippen LogP contribution in [0.3, 0.4) is 0 Å². The lowest BCUT2D eigenvalue weighted by molar-refractivity contribution is -0.208. The van der Waals surface area contributed by atoms with Crippen molar-refractivity contribution in [2.75, 3.05) is 6.67 Å². The number of rotatable bonds is 4. The molecule has 4 aliphatic heterocycles. The summed E-state index contributed by atoms with van der Waals surface area (Å²) in [6, 6.07) is 43.0. The Hall–Kier alpha value is -3.53. The summed E-state index contributed by atoms with van der Waals surface area (Å²) in [5.74, 6) is 0.208. The number of carbonyl (C=O) groups is 1. The van der Waals surface area contributed by atoms with Crippen LogP contribution in [0.2, 0.25) is 0 Å². The molecule has 3 nitrogen and oxygen atoms in total. The van der Waals surface area contributed by atoms with Gasteiger partial charge in [0.05, 0.1) is 18.5 Å². The van der Waals surface area contributed by atoms with E-state index >= 15 is 0 Å². The predicted octanol–water partition coefficient (Wildman–Crippen LogP) is 6.36. The molecule has 35 heavy (non-hydrogen) atoms. The number of nitrogens with zero attached hydrogens (tertiary/aromatic N) is 2. The molecule has 0 radical (unpaired) electrons. The summed E-state index contributed by atoms with van der Waals surface area (Å²) >= 11 is 0. The number of hydrogen-bond acceptors (Lipinski definition) is 3. The van der Waals surface area contributed by atoms with Gasteiger partial charge in [0.25, 0.3) is 0 Å². The van der Waals surface area contributed by atoms with Gasteiger partial charge in [0, 0.05) is 24.2 Å². The second-order valence-corrected chi connectivity index (χ2v) is 10.0. The number of ketones is 1. The van der Waals surface area contributed by atoms with Gasteiger partial charge in [-0.1, -0.05) is 121 Å². The Morgan fingerprint density at radius 1 is 0.429 bits per heavy atom. The predicted molar refractivity (Wildman–Crippen MR) is 137 cm³/mol. The summed E-state index contributed by atoms with van der Waals surface area (Å²) in [7, 11) is 0. The van der Waals surface area contributed by atoms with Crippen LogP contribution in [0.5, 0.6) is 0 Å². The van der Waals surface area contributed by atoms with Crippen LogP contribution in [-0.2, 0) is 4.79 Å². The van der Waals surface area contributed by atoms with Crippen LogP contribution in [-0.4, -0.2) is 22.3 Å². The van der Waals surface area contributed by atoms with E-state index in [1.54, 1.807) is 0 Å². The standard InChI is InChI=1S/C32H28N2O/c35-32-26-28(22-13-5-1-6-14-22)33-21-34(29(26)23-15-7-2-8-16-23)31(25-19-11-4-12-20-25)27(32)30(33)24-17-9-3-10-18-24/h1-20,26-31H,21H2. The third-order valence-electron chi connectivity index (χ3n) is 8.34. The number of carbonyl (C=O) groups excluding carboxylic acids is 1. The zero-order chi connectivity index (χ0) is 23.4. The molecule has 4 unspecified atom stereocenters. The zero-order valence-electron chi connectivity index (χ0n) is 19.5. The van der Waals surface area contributed by atoms with E-state index in [0.29, 0.717) is 5.78 Å². The maximum absolute atomic E-state index is 14.7. The highest BCUT2D eigenvalue weighted by Crippen LogP contribution is 2.63. The Balaban J connectivity index is 1.45. The highest BCUT2D eigenvalue weighted by atomic mass is 16.1. The average Bonchev–Trinajstić information content (AvgIpc) is 2.93. The number of hydrogen-bond donors (Lipinski definition) is 0. The van der Waals surface area contributed by atoms with Gasteiger partial charge in [0.1, 0.15) is 5.78 Å². The molecule has 4 atom stereocenters. The van der Waals surface area contributed by atoms with E-state index < -0.39 is 0 Å². The van der Waals surface area contributed by atoms with E-state index in [2.05, 4.69) is 131 Å². The smallest absolute Gasteiger partial charge is 0.146 e. The van der Waals surface area contributed by atoms with Gasteiger partial charge >= 0.3 is 0 Å². The summed E-state index contributed by atoms with van der Waals surface area (Å²) in [6.07, 6.45) is 0. The third kappa shape index (κ3) is 3.16. The summed E-state index contributed by atoms with van der Waals surface area (Å²) in [5.41, 5.74) is 4.96. The molecule has 0 saturated carbocycles. The first-order valence-electron chi connectivity index (χ1n) is 12.6. The van der Waals surface area contributed by atoms with Gasteiger partial charge < -0.3 is 0 Å². The van der Waals surface area contributed by atoms with Crippen LogP contribution in [0.25, 0.3) is 0 Å². The summed E-state index contributed by atoms with van der Waals surface area (Å²) < 4.78 is 0. The van der Waals surface area contributed by atoms with Crippen LogP contribution >= 0.6 is 0 Å². The highest BCUT2D eigenvalue weighted by molar-refractivity contribution is 5.89. The lowest BCUT2D eigenvalue weighted by Gasteiger charge is -2.67. The zero-order valence-corrected chi connectivity index (χ0v) is 19.5. The van der Waals surface area contributed by atoms with Crippen molar-refractivity contribution in [1.29, 1.82) is 0 Å². The summed E-state index contributed by atoms with van der Waals surface area (Å²) in [6.45, 7) is 0.832. The molecule has 4 saturated heterocycles. The molecular weight excluding hydrogens is 428 g/mol. The van der Waals surface area contributed by atoms with Crippen LogP contribution < -0.4 is 0 Å². The highest BCUT2D eigenvalue weighted by Gasteiger charge is 2.65. The number of piperidine rings is 2. The van der Waals surface area contributed by atoms with Crippen molar-refractivity contribution in [3.8, 4) is 0 Å². The van der Waals surface area contributed by atoms with E-state index in [9.17, 15) is 4.79 Å².